The zero-order chi connectivity index (χ0) is 19.8. The molecule has 4 aromatic rings. The van der Waals surface area contributed by atoms with Crippen molar-refractivity contribution in [3.8, 4) is 11.1 Å². The summed E-state index contributed by atoms with van der Waals surface area (Å²) in [5, 5.41) is 10.1. The number of fused-ring (bicyclic) bond motifs is 1. The Morgan fingerprint density at radius 3 is 2.29 bits per heavy atom. The summed E-state index contributed by atoms with van der Waals surface area (Å²) in [4.78, 5) is 12.3. The second-order valence-corrected chi connectivity index (χ2v) is 6.76. The van der Waals surface area contributed by atoms with Crippen molar-refractivity contribution >= 4 is 22.6 Å². The van der Waals surface area contributed by atoms with Crippen LogP contribution in [0.1, 0.15) is 21.5 Å². The van der Waals surface area contributed by atoms with Crippen LogP contribution in [0.2, 0.25) is 0 Å². The van der Waals surface area contributed by atoms with Gasteiger partial charge in [-0.1, -0.05) is 41.5 Å². The van der Waals surface area contributed by atoms with Crippen LogP contribution in [0.5, 0.6) is 0 Å². The Balaban J connectivity index is 1.68. The summed E-state index contributed by atoms with van der Waals surface area (Å²) in [6, 6.07) is 15.2. The van der Waals surface area contributed by atoms with E-state index in [1.165, 1.54) is 17.2 Å². The Kier molecular flexibility index (Phi) is 4.39. The quantitative estimate of drug-likeness (QED) is 0.504. The molecule has 0 fully saturated rings. The second kappa shape index (κ2) is 6.88. The Morgan fingerprint density at radius 1 is 0.929 bits per heavy atom. The third-order valence-corrected chi connectivity index (χ3v) is 4.54. The van der Waals surface area contributed by atoms with Crippen molar-refractivity contribution in [1.29, 1.82) is 0 Å². The van der Waals surface area contributed by atoms with Gasteiger partial charge in [-0.25, -0.2) is 8.78 Å². The van der Waals surface area contributed by atoms with Gasteiger partial charge in [-0.15, -0.1) is 0 Å². The van der Waals surface area contributed by atoms with Gasteiger partial charge in [0.15, 0.2) is 5.82 Å². The molecule has 28 heavy (non-hydrogen) atoms. The molecule has 0 saturated heterocycles. The van der Waals surface area contributed by atoms with Gasteiger partial charge in [-0.2, -0.15) is 5.10 Å². The predicted octanol–water partition coefficient (Wildman–Crippen LogP) is 5.38. The number of hydrogen-bond donors (Lipinski definition) is 2. The molecule has 0 unspecified atom stereocenters. The summed E-state index contributed by atoms with van der Waals surface area (Å²) >= 11 is 0. The number of anilines is 1. The molecule has 1 amide bonds. The first-order chi connectivity index (χ1) is 13.4. The van der Waals surface area contributed by atoms with Crippen LogP contribution >= 0.6 is 0 Å². The molecule has 0 atom stereocenters. The van der Waals surface area contributed by atoms with E-state index in [-0.39, 0.29) is 5.82 Å². The third kappa shape index (κ3) is 3.24. The number of aromatic amines is 1. The number of carbonyl (C=O) groups is 1. The first-order valence-electron chi connectivity index (χ1n) is 8.74. The van der Waals surface area contributed by atoms with Gasteiger partial charge in [-0.05, 0) is 49.2 Å². The fourth-order valence-corrected chi connectivity index (χ4v) is 3.32. The summed E-state index contributed by atoms with van der Waals surface area (Å²) in [6.45, 7) is 4.08. The molecule has 0 aliphatic heterocycles. The lowest BCUT2D eigenvalue weighted by atomic mass is 10.00. The van der Waals surface area contributed by atoms with E-state index >= 15 is 0 Å². The molecule has 1 heterocycles. The third-order valence-electron chi connectivity index (χ3n) is 4.54. The molecular weight excluding hydrogens is 360 g/mol. The molecule has 6 heteroatoms. The molecule has 0 aliphatic rings. The van der Waals surface area contributed by atoms with Crippen LogP contribution < -0.4 is 5.32 Å². The summed E-state index contributed by atoms with van der Waals surface area (Å²) in [7, 11) is 0. The highest BCUT2D eigenvalue weighted by atomic mass is 19.1. The molecule has 0 radical (unpaired) electrons. The molecule has 0 bridgehead atoms. The molecule has 0 saturated carbocycles. The van der Waals surface area contributed by atoms with Crippen LogP contribution in [0.3, 0.4) is 0 Å². The van der Waals surface area contributed by atoms with Gasteiger partial charge in [0.25, 0.3) is 5.91 Å². The second-order valence-electron chi connectivity index (χ2n) is 6.76. The fraction of sp³-hybridized carbons (Fsp3) is 0.0909. The first kappa shape index (κ1) is 17.9. The van der Waals surface area contributed by atoms with Crippen LogP contribution in [0.4, 0.5) is 14.6 Å². The van der Waals surface area contributed by atoms with E-state index in [1.807, 2.05) is 32.0 Å². The van der Waals surface area contributed by atoms with E-state index in [2.05, 4.69) is 33.7 Å². The minimum absolute atomic E-state index is 0.217. The number of benzene rings is 3. The number of carbonyl (C=O) groups excluding carboxylic acids is 1. The average Bonchev–Trinajstić information content (AvgIpc) is 3.03. The maximum Gasteiger partial charge on any atom is 0.262 e. The van der Waals surface area contributed by atoms with Gasteiger partial charge >= 0.3 is 0 Å². The summed E-state index contributed by atoms with van der Waals surface area (Å²) in [6.07, 6.45) is 0. The van der Waals surface area contributed by atoms with E-state index in [1.54, 1.807) is 0 Å². The van der Waals surface area contributed by atoms with Gasteiger partial charge < -0.3 is 5.32 Å². The zero-order valence-corrected chi connectivity index (χ0v) is 15.3. The van der Waals surface area contributed by atoms with Crippen LogP contribution in [-0.2, 0) is 0 Å². The van der Waals surface area contributed by atoms with Gasteiger partial charge in [0.05, 0.1) is 5.52 Å². The van der Waals surface area contributed by atoms with Crippen molar-refractivity contribution in [2.24, 2.45) is 0 Å². The fourth-order valence-electron chi connectivity index (χ4n) is 3.32. The molecule has 4 rings (SSSR count). The number of amides is 1. The maximum atomic E-state index is 13.8. The summed E-state index contributed by atoms with van der Waals surface area (Å²) in [5.74, 6) is -2.51. The monoisotopic (exact) mass is 377 g/mol. The molecule has 0 aliphatic carbocycles. The van der Waals surface area contributed by atoms with E-state index < -0.39 is 23.1 Å². The van der Waals surface area contributed by atoms with Gasteiger partial charge in [0.1, 0.15) is 17.2 Å². The number of rotatable bonds is 3. The Bertz CT molecular complexity index is 1170. The minimum Gasteiger partial charge on any atom is -0.304 e. The first-order valence-corrected chi connectivity index (χ1v) is 8.74. The molecular formula is C22H17F2N3O. The van der Waals surface area contributed by atoms with Gasteiger partial charge in [0, 0.05) is 5.39 Å². The predicted molar refractivity (Wildman–Crippen MR) is 105 cm³/mol. The molecule has 4 nitrogen and oxygen atoms in total. The zero-order valence-electron chi connectivity index (χ0n) is 15.3. The largest absolute Gasteiger partial charge is 0.304 e. The van der Waals surface area contributed by atoms with Crippen molar-refractivity contribution in [2.45, 2.75) is 13.8 Å². The average molecular weight is 377 g/mol. The number of aryl methyl sites for hydroxylation is 2. The lowest BCUT2D eigenvalue weighted by Gasteiger charge is -2.07. The Morgan fingerprint density at radius 2 is 1.61 bits per heavy atom. The van der Waals surface area contributed by atoms with Crippen LogP contribution in [-0.4, -0.2) is 16.1 Å². The summed E-state index contributed by atoms with van der Waals surface area (Å²) < 4.78 is 27.6. The van der Waals surface area contributed by atoms with E-state index in [0.717, 1.165) is 23.3 Å². The van der Waals surface area contributed by atoms with Crippen LogP contribution in [0, 0.1) is 25.5 Å². The maximum absolute atomic E-state index is 13.8. The lowest BCUT2D eigenvalue weighted by molar-refractivity contribution is 0.101. The topological polar surface area (TPSA) is 57.8 Å². The number of nitrogens with one attached hydrogen (secondary N) is 2. The van der Waals surface area contributed by atoms with Crippen LogP contribution in [0.25, 0.3) is 22.0 Å². The number of aromatic nitrogens is 2. The number of hydrogen-bond acceptors (Lipinski definition) is 2. The van der Waals surface area contributed by atoms with Crippen molar-refractivity contribution < 1.29 is 13.6 Å². The SMILES string of the molecule is Cc1cc(C)cc(-c2ccc3c(NC(=O)c4c(F)cccc4F)n[nH]c3c2)c1. The molecule has 140 valence electrons. The lowest BCUT2D eigenvalue weighted by Crippen LogP contribution is -2.16. The molecule has 0 spiro atoms. The van der Waals surface area contributed by atoms with E-state index in [9.17, 15) is 13.6 Å². The van der Waals surface area contributed by atoms with Gasteiger partial charge in [-0.3, -0.25) is 9.89 Å². The summed E-state index contributed by atoms with van der Waals surface area (Å²) in [5.41, 5.74) is 4.49. The van der Waals surface area contributed by atoms with Crippen LogP contribution in [0.15, 0.2) is 54.6 Å². The molecule has 3 aromatic carbocycles. The van der Waals surface area contributed by atoms with Crippen molar-refractivity contribution in [3.63, 3.8) is 0 Å². The standard InChI is InChI=1S/C22H17F2N3O/c1-12-8-13(2)10-15(9-12)14-6-7-16-19(11-14)26-27-21(16)25-22(28)20-17(23)4-3-5-18(20)24/h3-11H,1-2H3,(H2,25,26,27,28). The highest BCUT2D eigenvalue weighted by Gasteiger charge is 2.19. The number of halogens is 2. The molecule has 2 N–H and O–H groups in total. The number of H-pyrrole nitrogens is 1. The van der Waals surface area contributed by atoms with Crippen molar-refractivity contribution in [3.05, 3.63) is 82.9 Å². The normalized spacial score (nSPS) is 11.0. The Hall–Kier alpha value is -3.54. The van der Waals surface area contributed by atoms with E-state index in [0.29, 0.717) is 10.9 Å². The van der Waals surface area contributed by atoms with Crippen molar-refractivity contribution in [2.75, 3.05) is 5.32 Å². The highest BCUT2D eigenvalue weighted by molar-refractivity contribution is 6.08. The minimum atomic E-state index is -0.922. The highest BCUT2D eigenvalue weighted by Crippen LogP contribution is 2.28. The van der Waals surface area contributed by atoms with Gasteiger partial charge in [0.2, 0.25) is 0 Å². The van der Waals surface area contributed by atoms with Crippen molar-refractivity contribution in [1.82, 2.24) is 10.2 Å². The smallest absolute Gasteiger partial charge is 0.262 e. The van der Waals surface area contributed by atoms with E-state index in [4.69, 9.17) is 0 Å². The molecule has 1 aromatic heterocycles. The Labute approximate surface area is 160 Å². The number of nitrogens with zero attached hydrogens (tertiary/aromatic N) is 1.